The summed E-state index contributed by atoms with van der Waals surface area (Å²) in [5.41, 5.74) is 0. The molecule has 324 valence electrons. The zero-order chi connectivity index (χ0) is 42.3. The summed E-state index contributed by atoms with van der Waals surface area (Å²) < 4.78 is 16.6. The smallest absolute Gasteiger partial charge is 0.306 e. The molecule has 0 heterocycles. The molecule has 58 heavy (non-hydrogen) atoms. The highest BCUT2D eigenvalue weighted by Crippen LogP contribution is 2.11. The number of ether oxygens (including phenoxy) is 3. The molecule has 6 heteroatoms. The van der Waals surface area contributed by atoms with Crippen molar-refractivity contribution in [3.63, 3.8) is 0 Å². The maximum absolute atomic E-state index is 12.7. The first-order chi connectivity index (χ1) is 28.5. The van der Waals surface area contributed by atoms with Gasteiger partial charge in [-0.1, -0.05) is 181 Å². The van der Waals surface area contributed by atoms with Gasteiger partial charge in [-0.2, -0.15) is 0 Å². The average Bonchev–Trinajstić information content (AvgIpc) is 3.22. The molecule has 0 saturated carbocycles. The summed E-state index contributed by atoms with van der Waals surface area (Å²) >= 11 is 0. The van der Waals surface area contributed by atoms with Crippen LogP contribution in [0.1, 0.15) is 168 Å². The fraction of sp³-hybridized carbons (Fsp3) is 0.558. The first-order valence-corrected chi connectivity index (χ1v) is 22.6. The van der Waals surface area contributed by atoms with E-state index in [4.69, 9.17) is 14.2 Å². The van der Waals surface area contributed by atoms with Crippen LogP contribution in [-0.2, 0) is 28.6 Å². The van der Waals surface area contributed by atoms with Crippen LogP contribution in [-0.4, -0.2) is 37.2 Å². The van der Waals surface area contributed by atoms with Crippen LogP contribution in [0.4, 0.5) is 0 Å². The zero-order valence-corrected chi connectivity index (χ0v) is 36.8. The summed E-state index contributed by atoms with van der Waals surface area (Å²) in [4.78, 5) is 37.7. The number of hydrogen-bond acceptors (Lipinski definition) is 6. The van der Waals surface area contributed by atoms with Crippen molar-refractivity contribution in [2.24, 2.45) is 0 Å². The molecule has 0 rings (SSSR count). The minimum atomic E-state index is -0.833. The molecule has 0 aromatic heterocycles. The van der Waals surface area contributed by atoms with E-state index in [1.165, 1.54) is 25.7 Å². The molecule has 0 aromatic rings. The van der Waals surface area contributed by atoms with Gasteiger partial charge in [0.2, 0.25) is 0 Å². The molecule has 1 unspecified atom stereocenters. The van der Waals surface area contributed by atoms with Gasteiger partial charge in [-0.25, -0.2) is 0 Å². The summed E-state index contributed by atoms with van der Waals surface area (Å²) in [5.74, 6) is -1.06. The molecule has 0 aromatic carbocycles. The molecule has 0 aliphatic rings. The first kappa shape index (κ1) is 53.8. The summed E-state index contributed by atoms with van der Waals surface area (Å²) in [6, 6.07) is 0. The number of esters is 3. The fourth-order valence-electron chi connectivity index (χ4n) is 5.44. The second kappa shape index (κ2) is 45.5. The van der Waals surface area contributed by atoms with Crippen molar-refractivity contribution < 1.29 is 28.6 Å². The molecule has 0 aliphatic carbocycles. The Hall–Kier alpha value is -4.19. The first-order valence-electron chi connectivity index (χ1n) is 22.6. The topological polar surface area (TPSA) is 78.9 Å². The van der Waals surface area contributed by atoms with Crippen molar-refractivity contribution >= 4 is 17.9 Å². The van der Waals surface area contributed by atoms with Gasteiger partial charge in [0.15, 0.2) is 6.10 Å². The van der Waals surface area contributed by atoms with Gasteiger partial charge in [-0.15, -0.1) is 0 Å². The lowest BCUT2D eigenvalue weighted by Gasteiger charge is -2.18. The molecule has 0 aliphatic heterocycles. The molecule has 0 fully saturated rings. The molecule has 0 bridgehead atoms. The van der Waals surface area contributed by atoms with Crippen LogP contribution in [0, 0.1) is 0 Å². The predicted octanol–water partition coefficient (Wildman–Crippen LogP) is 14.6. The summed E-state index contributed by atoms with van der Waals surface area (Å²) in [7, 11) is 0. The van der Waals surface area contributed by atoms with E-state index in [0.717, 1.165) is 96.3 Å². The van der Waals surface area contributed by atoms with Crippen LogP contribution >= 0.6 is 0 Å². The van der Waals surface area contributed by atoms with E-state index >= 15 is 0 Å². The van der Waals surface area contributed by atoms with Crippen LogP contribution in [0.3, 0.4) is 0 Å². The van der Waals surface area contributed by atoms with Crippen molar-refractivity contribution in [1.29, 1.82) is 0 Å². The number of rotatable bonds is 38. The van der Waals surface area contributed by atoms with Crippen LogP contribution < -0.4 is 0 Å². The number of carbonyl (C=O) groups excluding carboxylic acids is 3. The van der Waals surface area contributed by atoms with E-state index in [-0.39, 0.29) is 31.6 Å². The summed E-state index contributed by atoms with van der Waals surface area (Å²) in [6.07, 6.45) is 61.9. The Bertz CT molecular complexity index is 1290. The Balaban J connectivity index is 4.59. The van der Waals surface area contributed by atoms with Crippen molar-refractivity contribution in [3.8, 4) is 0 Å². The van der Waals surface area contributed by atoms with E-state index in [0.29, 0.717) is 19.3 Å². The van der Waals surface area contributed by atoms with E-state index < -0.39 is 12.1 Å². The van der Waals surface area contributed by atoms with Gasteiger partial charge in [0, 0.05) is 19.3 Å². The molecule has 0 saturated heterocycles. The largest absolute Gasteiger partial charge is 0.462 e. The Kier molecular flexibility index (Phi) is 42.2. The van der Waals surface area contributed by atoms with Crippen LogP contribution in [0.15, 0.2) is 122 Å². The molecule has 1 atom stereocenters. The molecular formula is C52H80O6. The van der Waals surface area contributed by atoms with E-state index in [1.54, 1.807) is 0 Å². The second-order valence-corrected chi connectivity index (χ2v) is 14.3. The highest BCUT2D eigenvalue weighted by atomic mass is 16.6. The Labute approximate surface area is 354 Å². The Morgan fingerprint density at radius 2 is 0.776 bits per heavy atom. The molecular weight excluding hydrogens is 721 g/mol. The standard InChI is InChI=1S/C52H80O6/c1-4-7-10-13-16-19-22-24-25-26-28-30-33-36-39-42-45-51(54)57-48-49(47-56-50(53)44-41-38-35-32-29-21-18-15-12-9-6-3)58-52(55)46-43-40-37-34-31-27-23-20-17-14-11-8-5-2/h7-8,10-11,14-20,23-25,27-28,30-31,34,37,49H,4-6,9,12-13,21-22,26,29,32-33,35-36,38-48H2,1-3H3/b10-7-,11-8-,17-14-,18-15-,19-16-,23-20-,25-24-,30-28-,31-27-,37-34-. The quantitative estimate of drug-likeness (QED) is 0.0203. The maximum Gasteiger partial charge on any atom is 0.306 e. The van der Waals surface area contributed by atoms with Crippen molar-refractivity contribution in [2.75, 3.05) is 13.2 Å². The lowest BCUT2D eigenvalue weighted by molar-refractivity contribution is -0.167. The normalized spacial score (nSPS) is 13.2. The number of carbonyl (C=O) groups is 3. The van der Waals surface area contributed by atoms with Crippen LogP contribution in [0.2, 0.25) is 0 Å². The van der Waals surface area contributed by atoms with Crippen molar-refractivity contribution in [2.45, 2.75) is 175 Å². The van der Waals surface area contributed by atoms with Crippen LogP contribution in [0.5, 0.6) is 0 Å². The van der Waals surface area contributed by atoms with Gasteiger partial charge < -0.3 is 14.2 Å². The summed E-state index contributed by atoms with van der Waals surface area (Å²) in [6.45, 7) is 6.20. The lowest BCUT2D eigenvalue weighted by Crippen LogP contribution is -2.30. The lowest BCUT2D eigenvalue weighted by atomic mass is 10.1. The number of hydrogen-bond donors (Lipinski definition) is 0. The van der Waals surface area contributed by atoms with E-state index in [1.807, 2.05) is 54.7 Å². The minimum Gasteiger partial charge on any atom is -0.462 e. The molecule has 0 radical (unpaired) electrons. The second-order valence-electron chi connectivity index (χ2n) is 14.3. The fourth-order valence-corrected chi connectivity index (χ4v) is 5.44. The predicted molar refractivity (Wildman–Crippen MR) is 246 cm³/mol. The van der Waals surface area contributed by atoms with Gasteiger partial charge in [0.05, 0.1) is 0 Å². The maximum atomic E-state index is 12.7. The van der Waals surface area contributed by atoms with E-state index in [2.05, 4.69) is 87.6 Å². The Morgan fingerprint density at radius 1 is 0.379 bits per heavy atom. The van der Waals surface area contributed by atoms with Crippen molar-refractivity contribution in [3.05, 3.63) is 122 Å². The highest BCUT2D eigenvalue weighted by Gasteiger charge is 2.19. The number of allylic oxidation sites excluding steroid dienone is 20. The molecule has 0 amide bonds. The highest BCUT2D eigenvalue weighted by molar-refractivity contribution is 5.71. The third kappa shape index (κ3) is 42.9. The van der Waals surface area contributed by atoms with E-state index in [9.17, 15) is 14.4 Å². The molecule has 0 spiro atoms. The zero-order valence-electron chi connectivity index (χ0n) is 36.8. The van der Waals surface area contributed by atoms with Gasteiger partial charge in [-0.05, 0) is 89.9 Å². The van der Waals surface area contributed by atoms with Gasteiger partial charge in [-0.3, -0.25) is 14.4 Å². The third-order valence-electron chi connectivity index (χ3n) is 8.81. The monoisotopic (exact) mass is 801 g/mol. The molecule has 0 N–H and O–H groups in total. The summed E-state index contributed by atoms with van der Waals surface area (Å²) in [5, 5.41) is 0. The minimum absolute atomic E-state index is 0.126. The SMILES string of the molecule is CC\C=C/C=C\C=C/C=C\C=C/CCCC(=O)OC(COC(=O)CCCCC/C=C\C/C=C\C/C=C\C/C=C\CC)COC(=O)CCCCCCC/C=C\CCCC. The molecule has 6 nitrogen and oxygen atoms in total. The Morgan fingerprint density at radius 3 is 1.33 bits per heavy atom. The van der Waals surface area contributed by atoms with Gasteiger partial charge in [0.25, 0.3) is 0 Å². The third-order valence-corrected chi connectivity index (χ3v) is 8.81. The van der Waals surface area contributed by atoms with Gasteiger partial charge >= 0.3 is 17.9 Å². The van der Waals surface area contributed by atoms with Gasteiger partial charge in [0.1, 0.15) is 13.2 Å². The van der Waals surface area contributed by atoms with Crippen molar-refractivity contribution in [1.82, 2.24) is 0 Å². The number of unbranched alkanes of at least 4 members (excludes halogenated alkanes) is 11. The van der Waals surface area contributed by atoms with Crippen LogP contribution in [0.25, 0.3) is 0 Å². The average molecular weight is 801 g/mol.